The maximum Gasteiger partial charge on any atom is 0.346 e. The zero-order valence-corrected chi connectivity index (χ0v) is 14.1. The van der Waals surface area contributed by atoms with Crippen LogP contribution in [0.4, 0.5) is 4.79 Å². The van der Waals surface area contributed by atoms with Crippen LogP contribution in [0.5, 0.6) is 0 Å². The highest BCUT2D eigenvalue weighted by Crippen LogP contribution is 2.36. The quantitative estimate of drug-likeness (QED) is 0.673. The summed E-state index contributed by atoms with van der Waals surface area (Å²) in [4.78, 5) is 28.3. The predicted molar refractivity (Wildman–Crippen MR) is 91.3 cm³/mol. The van der Waals surface area contributed by atoms with Gasteiger partial charge in [-0.05, 0) is 25.0 Å². The van der Waals surface area contributed by atoms with E-state index in [9.17, 15) is 9.59 Å². The number of urea groups is 1. The van der Waals surface area contributed by atoms with Crippen molar-refractivity contribution < 1.29 is 9.53 Å². The van der Waals surface area contributed by atoms with E-state index in [1.165, 1.54) is 4.68 Å². The Morgan fingerprint density at radius 2 is 2.16 bits per heavy atom. The third kappa shape index (κ3) is 4.24. The second-order valence-corrected chi connectivity index (χ2v) is 5.85. The first-order chi connectivity index (χ1) is 12.2. The van der Waals surface area contributed by atoms with Gasteiger partial charge in [0.2, 0.25) is 0 Å². The molecular weight excluding hydrogens is 324 g/mol. The number of pyridine rings is 1. The van der Waals surface area contributed by atoms with Crippen LogP contribution in [0.2, 0.25) is 0 Å². The standard InChI is InChI=1S/C16H22N6O3/c1-25-10-8-19-15(23)18-7-9-21-16(24)22(13-4-5-13)14(20-21)12-3-2-6-17-11-12/h2-3,6,11,13H,4-5,7-10H2,1H3,(H2,18,19,23). The van der Waals surface area contributed by atoms with Gasteiger partial charge in [0.1, 0.15) is 0 Å². The fourth-order valence-electron chi connectivity index (χ4n) is 2.52. The first kappa shape index (κ1) is 17.2. The summed E-state index contributed by atoms with van der Waals surface area (Å²) in [5, 5.41) is 9.81. The van der Waals surface area contributed by atoms with Crippen molar-refractivity contribution in [2.45, 2.75) is 25.4 Å². The van der Waals surface area contributed by atoms with E-state index >= 15 is 0 Å². The molecule has 1 fully saturated rings. The van der Waals surface area contributed by atoms with Gasteiger partial charge in [0.25, 0.3) is 0 Å². The zero-order chi connectivity index (χ0) is 17.6. The summed E-state index contributed by atoms with van der Waals surface area (Å²) in [5.74, 6) is 0.630. The Hall–Kier alpha value is -2.68. The minimum Gasteiger partial charge on any atom is -0.383 e. The summed E-state index contributed by atoms with van der Waals surface area (Å²) in [6.45, 7) is 1.51. The third-order valence-electron chi connectivity index (χ3n) is 3.90. The van der Waals surface area contributed by atoms with Crippen molar-refractivity contribution in [3.8, 4) is 11.4 Å². The smallest absolute Gasteiger partial charge is 0.346 e. The summed E-state index contributed by atoms with van der Waals surface area (Å²) in [5.41, 5.74) is 0.665. The Balaban J connectivity index is 1.66. The number of carbonyl (C=O) groups is 1. The Labute approximate surface area is 145 Å². The molecule has 0 spiro atoms. The second kappa shape index (κ2) is 7.93. The van der Waals surface area contributed by atoms with Crippen molar-refractivity contribution in [1.29, 1.82) is 0 Å². The van der Waals surface area contributed by atoms with Crippen LogP contribution in [0.3, 0.4) is 0 Å². The number of rotatable bonds is 8. The van der Waals surface area contributed by atoms with Gasteiger partial charge in [0.05, 0.1) is 13.2 Å². The summed E-state index contributed by atoms with van der Waals surface area (Å²) >= 11 is 0. The molecule has 0 aliphatic heterocycles. The molecule has 0 atom stereocenters. The number of hydrogen-bond donors (Lipinski definition) is 2. The topological polar surface area (TPSA) is 103 Å². The van der Waals surface area contributed by atoms with E-state index in [0.29, 0.717) is 32.1 Å². The maximum absolute atomic E-state index is 12.6. The minimum absolute atomic E-state index is 0.150. The molecule has 0 saturated heterocycles. The highest BCUT2D eigenvalue weighted by atomic mass is 16.5. The lowest BCUT2D eigenvalue weighted by Gasteiger charge is -2.06. The van der Waals surface area contributed by atoms with E-state index in [4.69, 9.17) is 4.74 Å². The molecule has 134 valence electrons. The number of aromatic nitrogens is 4. The number of amides is 2. The molecule has 1 aliphatic rings. The third-order valence-corrected chi connectivity index (χ3v) is 3.90. The fraction of sp³-hybridized carbons (Fsp3) is 0.500. The molecule has 1 saturated carbocycles. The van der Waals surface area contributed by atoms with Crippen LogP contribution in [0.15, 0.2) is 29.3 Å². The van der Waals surface area contributed by atoms with Crippen LogP contribution < -0.4 is 16.3 Å². The number of hydrogen-bond acceptors (Lipinski definition) is 5. The highest BCUT2D eigenvalue weighted by Gasteiger charge is 2.30. The summed E-state index contributed by atoms with van der Waals surface area (Å²) in [7, 11) is 1.57. The Kier molecular flexibility index (Phi) is 5.44. The van der Waals surface area contributed by atoms with Crippen LogP contribution >= 0.6 is 0 Å². The summed E-state index contributed by atoms with van der Waals surface area (Å²) in [6.07, 6.45) is 5.36. The lowest BCUT2D eigenvalue weighted by atomic mass is 10.3. The van der Waals surface area contributed by atoms with Crippen LogP contribution in [0, 0.1) is 0 Å². The van der Waals surface area contributed by atoms with Crippen molar-refractivity contribution >= 4 is 6.03 Å². The largest absolute Gasteiger partial charge is 0.383 e. The van der Waals surface area contributed by atoms with Crippen molar-refractivity contribution in [3.05, 3.63) is 35.0 Å². The summed E-state index contributed by atoms with van der Waals surface area (Å²) in [6, 6.07) is 3.63. The molecular formula is C16H22N6O3. The lowest BCUT2D eigenvalue weighted by molar-refractivity contribution is 0.196. The number of nitrogens with zero attached hydrogens (tertiary/aromatic N) is 4. The monoisotopic (exact) mass is 346 g/mol. The number of ether oxygens (including phenoxy) is 1. The van der Waals surface area contributed by atoms with Gasteiger partial charge in [0.15, 0.2) is 5.82 Å². The molecule has 0 unspecified atom stereocenters. The molecule has 2 heterocycles. The van der Waals surface area contributed by atoms with Crippen LogP contribution in [-0.2, 0) is 11.3 Å². The van der Waals surface area contributed by atoms with E-state index in [0.717, 1.165) is 18.4 Å². The molecule has 0 radical (unpaired) electrons. The van der Waals surface area contributed by atoms with Crippen molar-refractivity contribution in [2.24, 2.45) is 0 Å². The van der Waals surface area contributed by atoms with Gasteiger partial charge in [-0.1, -0.05) is 0 Å². The molecule has 9 heteroatoms. The van der Waals surface area contributed by atoms with Crippen LogP contribution in [0.1, 0.15) is 18.9 Å². The van der Waals surface area contributed by atoms with E-state index < -0.39 is 0 Å². The van der Waals surface area contributed by atoms with Gasteiger partial charge in [-0.15, -0.1) is 5.10 Å². The normalized spacial score (nSPS) is 13.6. The molecule has 9 nitrogen and oxygen atoms in total. The Bertz CT molecular complexity index is 766. The van der Waals surface area contributed by atoms with E-state index in [1.807, 2.05) is 12.1 Å². The summed E-state index contributed by atoms with van der Waals surface area (Å²) < 4.78 is 7.99. The Morgan fingerprint density at radius 3 is 2.84 bits per heavy atom. The molecule has 2 N–H and O–H groups in total. The van der Waals surface area contributed by atoms with Crippen molar-refractivity contribution in [1.82, 2.24) is 30.0 Å². The van der Waals surface area contributed by atoms with Gasteiger partial charge < -0.3 is 15.4 Å². The minimum atomic E-state index is -0.292. The van der Waals surface area contributed by atoms with E-state index in [-0.39, 0.29) is 17.8 Å². The molecule has 2 aromatic heterocycles. The average molecular weight is 346 g/mol. The van der Waals surface area contributed by atoms with Gasteiger partial charge in [0, 0.05) is 44.2 Å². The molecule has 1 aliphatic carbocycles. The lowest BCUT2D eigenvalue weighted by Crippen LogP contribution is -2.39. The van der Waals surface area contributed by atoms with Gasteiger partial charge in [-0.2, -0.15) is 0 Å². The van der Waals surface area contributed by atoms with E-state index in [2.05, 4.69) is 20.7 Å². The molecule has 2 aromatic rings. The average Bonchev–Trinajstić information content (AvgIpc) is 3.40. The number of nitrogens with one attached hydrogen (secondary N) is 2. The van der Waals surface area contributed by atoms with Gasteiger partial charge >= 0.3 is 11.7 Å². The second-order valence-electron chi connectivity index (χ2n) is 5.85. The Morgan fingerprint density at radius 1 is 1.36 bits per heavy atom. The van der Waals surface area contributed by atoms with Gasteiger partial charge in [-0.3, -0.25) is 9.55 Å². The van der Waals surface area contributed by atoms with Crippen molar-refractivity contribution in [2.75, 3.05) is 26.8 Å². The SMILES string of the molecule is COCCNC(=O)NCCn1nc(-c2cccnc2)n(C2CC2)c1=O. The molecule has 0 aromatic carbocycles. The van der Waals surface area contributed by atoms with E-state index in [1.54, 1.807) is 24.1 Å². The molecule has 25 heavy (non-hydrogen) atoms. The first-order valence-electron chi connectivity index (χ1n) is 8.31. The first-order valence-corrected chi connectivity index (χ1v) is 8.31. The number of carbonyl (C=O) groups excluding carboxylic acids is 1. The van der Waals surface area contributed by atoms with Crippen molar-refractivity contribution in [3.63, 3.8) is 0 Å². The maximum atomic E-state index is 12.6. The highest BCUT2D eigenvalue weighted by molar-refractivity contribution is 5.73. The molecule has 3 rings (SSSR count). The predicted octanol–water partition coefficient (Wildman–Crippen LogP) is 0.387. The fourth-order valence-corrected chi connectivity index (χ4v) is 2.52. The number of methoxy groups -OCH3 is 1. The van der Waals surface area contributed by atoms with Gasteiger partial charge in [-0.25, -0.2) is 14.3 Å². The molecule has 2 amide bonds. The van der Waals surface area contributed by atoms with Crippen LogP contribution in [0.25, 0.3) is 11.4 Å². The van der Waals surface area contributed by atoms with Crippen LogP contribution in [-0.4, -0.2) is 52.2 Å². The molecule has 0 bridgehead atoms. The zero-order valence-electron chi connectivity index (χ0n) is 14.1.